The summed E-state index contributed by atoms with van der Waals surface area (Å²) in [5, 5.41) is 10.6. The Hall–Kier alpha value is -2.58. The van der Waals surface area contributed by atoms with Crippen molar-refractivity contribution in [1.82, 2.24) is 15.1 Å². The van der Waals surface area contributed by atoms with Gasteiger partial charge in [0.1, 0.15) is 5.75 Å². The molecule has 0 saturated carbocycles. The van der Waals surface area contributed by atoms with Gasteiger partial charge in [-0.25, -0.2) is 4.79 Å². The van der Waals surface area contributed by atoms with Gasteiger partial charge in [-0.2, -0.15) is 5.10 Å². The van der Waals surface area contributed by atoms with Crippen LogP contribution in [0.25, 0.3) is 0 Å². The van der Waals surface area contributed by atoms with Gasteiger partial charge in [-0.05, 0) is 56.1 Å². The standard InChI is InChI=1S/C19H24N4O4.ClH/c1-13-10-15(27-12-18(24)26-2)5-6-16(13)21-19(25)17-7-9-23(22-17)14-4-3-8-20-11-14;/h5-7,9-10,14,20H,3-4,8,11-12H2,1-2H3,(H,21,25);1H. The van der Waals surface area contributed by atoms with Gasteiger partial charge in [0.15, 0.2) is 12.3 Å². The number of carbonyl (C=O) groups is 2. The van der Waals surface area contributed by atoms with Gasteiger partial charge in [0.05, 0.1) is 13.2 Å². The largest absolute Gasteiger partial charge is 0.482 e. The summed E-state index contributed by atoms with van der Waals surface area (Å²) in [6.07, 6.45) is 4.01. The Morgan fingerprint density at radius 3 is 2.86 bits per heavy atom. The number of piperidine rings is 1. The predicted molar refractivity (Wildman–Crippen MR) is 107 cm³/mol. The van der Waals surface area contributed by atoms with E-state index in [4.69, 9.17) is 4.74 Å². The highest BCUT2D eigenvalue weighted by Crippen LogP contribution is 2.22. The average Bonchev–Trinajstić information content (AvgIpc) is 3.19. The van der Waals surface area contributed by atoms with E-state index in [1.807, 2.05) is 17.8 Å². The monoisotopic (exact) mass is 408 g/mol. The highest BCUT2D eigenvalue weighted by molar-refractivity contribution is 6.03. The first-order chi connectivity index (χ1) is 13.1. The summed E-state index contributed by atoms with van der Waals surface area (Å²) >= 11 is 0. The fourth-order valence-electron chi connectivity index (χ4n) is 2.98. The SMILES string of the molecule is COC(=O)COc1ccc(NC(=O)c2ccn(C3CCCNC3)n2)c(C)c1.Cl. The first-order valence-corrected chi connectivity index (χ1v) is 8.94. The van der Waals surface area contributed by atoms with Crippen molar-refractivity contribution in [1.29, 1.82) is 0 Å². The Morgan fingerprint density at radius 1 is 1.36 bits per heavy atom. The zero-order chi connectivity index (χ0) is 19.2. The maximum Gasteiger partial charge on any atom is 0.343 e. The molecule has 1 aromatic heterocycles. The highest BCUT2D eigenvalue weighted by atomic mass is 35.5. The molecule has 9 heteroatoms. The van der Waals surface area contributed by atoms with Crippen LogP contribution >= 0.6 is 12.4 Å². The Bertz CT molecular complexity index is 818. The van der Waals surface area contributed by atoms with Crippen LogP contribution < -0.4 is 15.4 Å². The number of ether oxygens (including phenoxy) is 2. The fraction of sp³-hybridized carbons (Fsp3) is 0.421. The molecule has 0 spiro atoms. The number of aromatic nitrogens is 2. The lowest BCUT2D eigenvalue weighted by Crippen LogP contribution is -2.32. The summed E-state index contributed by atoms with van der Waals surface area (Å²) in [6, 6.07) is 7.20. The number of halogens is 1. The maximum atomic E-state index is 12.5. The summed E-state index contributed by atoms with van der Waals surface area (Å²) in [5.74, 6) is -0.178. The third-order valence-electron chi connectivity index (χ3n) is 4.52. The molecule has 1 fully saturated rings. The molecule has 0 radical (unpaired) electrons. The molecule has 1 aliphatic rings. The Kier molecular flexibility index (Phi) is 7.83. The molecule has 3 rings (SSSR count). The molecular weight excluding hydrogens is 384 g/mol. The van der Waals surface area contributed by atoms with E-state index in [2.05, 4.69) is 20.5 Å². The van der Waals surface area contributed by atoms with Gasteiger partial charge >= 0.3 is 5.97 Å². The quantitative estimate of drug-likeness (QED) is 0.712. The minimum atomic E-state index is -0.450. The van der Waals surface area contributed by atoms with E-state index in [9.17, 15) is 9.59 Å². The van der Waals surface area contributed by atoms with Crippen molar-refractivity contribution >= 4 is 30.0 Å². The molecule has 28 heavy (non-hydrogen) atoms. The van der Waals surface area contributed by atoms with Crippen LogP contribution in [0.2, 0.25) is 0 Å². The molecule has 2 N–H and O–H groups in total. The van der Waals surface area contributed by atoms with Gasteiger partial charge in [0.25, 0.3) is 5.91 Å². The van der Waals surface area contributed by atoms with Crippen molar-refractivity contribution in [3.05, 3.63) is 41.7 Å². The van der Waals surface area contributed by atoms with Gasteiger partial charge in [0.2, 0.25) is 0 Å². The lowest BCUT2D eigenvalue weighted by Gasteiger charge is -2.22. The van der Waals surface area contributed by atoms with E-state index in [0.29, 0.717) is 17.1 Å². The molecule has 1 saturated heterocycles. The minimum Gasteiger partial charge on any atom is -0.482 e. The van der Waals surface area contributed by atoms with Crippen LogP contribution in [0.5, 0.6) is 5.75 Å². The lowest BCUT2D eigenvalue weighted by molar-refractivity contribution is -0.142. The third kappa shape index (κ3) is 5.46. The van der Waals surface area contributed by atoms with Crippen molar-refractivity contribution in [2.75, 3.05) is 32.1 Å². The number of nitrogens with one attached hydrogen (secondary N) is 2. The van der Waals surface area contributed by atoms with Crippen LogP contribution in [0, 0.1) is 6.92 Å². The number of benzene rings is 1. The number of methoxy groups -OCH3 is 1. The molecule has 0 aliphatic carbocycles. The summed E-state index contributed by atoms with van der Waals surface area (Å²) < 4.78 is 11.7. The highest BCUT2D eigenvalue weighted by Gasteiger charge is 2.18. The van der Waals surface area contributed by atoms with Crippen LogP contribution in [-0.4, -0.2) is 48.5 Å². The maximum absolute atomic E-state index is 12.5. The summed E-state index contributed by atoms with van der Waals surface area (Å²) in [4.78, 5) is 23.6. The van der Waals surface area contributed by atoms with Crippen LogP contribution in [-0.2, 0) is 9.53 Å². The molecule has 1 unspecified atom stereocenters. The normalized spacial score (nSPS) is 16.0. The summed E-state index contributed by atoms with van der Waals surface area (Å²) in [7, 11) is 1.31. The van der Waals surface area contributed by atoms with Crippen molar-refractivity contribution < 1.29 is 19.1 Å². The van der Waals surface area contributed by atoms with E-state index in [0.717, 1.165) is 31.5 Å². The van der Waals surface area contributed by atoms with E-state index in [-0.39, 0.29) is 31.0 Å². The molecule has 152 valence electrons. The molecular formula is C19H25ClN4O4. The van der Waals surface area contributed by atoms with Crippen molar-refractivity contribution in [3.8, 4) is 5.75 Å². The number of aryl methyl sites for hydroxylation is 1. The average molecular weight is 409 g/mol. The van der Waals surface area contributed by atoms with Gasteiger partial charge in [-0.3, -0.25) is 9.48 Å². The molecule has 0 bridgehead atoms. The first-order valence-electron chi connectivity index (χ1n) is 8.94. The van der Waals surface area contributed by atoms with E-state index in [1.54, 1.807) is 24.3 Å². The topological polar surface area (TPSA) is 94.5 Å². The van der Waals surface area contributed by atoms with Crippen molar-refractivity contribution in [2.45, 2.75) is 25.8 Å². The number of nitrogens with zero attached hydrogens (tertiary/aromatic N) is 2. The number of carbonyl (C=O) groups excluding carboxylic acids is 2. The second-order valence-electron chi connectivity index (χ2n) is 6.48. The fourth-order valence-corrected chi connectivity index (χ4v) is 2.98. The molecule has 2 aromatic rings. The number of hydrogen-bond acceptors (Lipinski definition) is 6. The number of rotatable bonds is 6. The number of hydrogen-bond donors (Lipinski definition) is 2. The van der Waals surface area contributed by atoms with E-state index in [1.165, 1.54) is 7.11 Å². The number of amides is 1. The zero-order valence-electron chi connectivity index (χ0n) is 15.9. The van der Waals surface area contributed by atoms with Gasteiger partial charge in [-0.15, -0.1) is 12.4 Å². The van der Waals surface area contributed by atoms with Crippen LogP contribution in [0.3, 0.4) is 0 Å². The van der Waals surface area contributed by atoms with Gasteiger partial charge < -0.3 is 20.1 Å². The smallest absolute Gasteiger partial charge is 0.343 e. The van der Waals surface area contributed by atoms with Crippen molar-refractivity contribution in [2.24, 2.45) is 0 Å². The van der Waals surface area contributed by atoms with Crippen LogP contribution in [0.15, 0.2) is 30.5 Å². The first kappa shape index (κ1) is 21.7. The Morgan fingerprint density at radius 2 is 2.18 bits per heavy atom. The molecule has 1 aromatic carbocycles. The molecule has 1 atom stereocenters. The minimum absolute atomic E-state index is 0. The van der Waals surface area contributed by atoms with Crippen LogP contribution in [0.1, 0.15) is 34.9 Å². The molecule has 1 amide bonds. The Balaban J connectivity index is 0.00000280. The zero-order valence-corrected chi connectivity index (χ0v) is 16.8. The van der Waals surface area contributed by atoms with Gasteiger partial charge in [-0.1, -0.05) is 0 Å². The van der Waals surface area contributed by atoms with Crippen LogP contribution in [0.4, 0.5) is 5.69 Å². The molecule has 2 heterocycles. The third-order valence-corrected chi connectivity index (χ3v) is 4.52. The lowest BCUT2D eigenvalue weighted by atomic mass is 10.1. The Labute approximate surface area is 170 Å². The molecule has 8 nitrogen and oxygen atoms in total. The van der Waals surface area contributed by atoms with Gasteiger partial charge in [0, 0.05) is 18.4 Å². The van der Waals surface area contributed by atoms with E-state index >= 15 is 0 Å². The molecule has 1 aliphatic heterocycles. The second kappa shape index (κ2) is 10.1. The second-order valence-corrected chi connectivity index (χ2v) is 6.48. The number of anilines is 1. The predicted octanol–water partition coefficient (Wildman–Crippen LogP) is 2.34. The summed E-state index contributed by atoms with van der Waals surface area (Å²) in [5.41, 5.74) is 1.87. The summed E-state index contributed by atoms with van der Waals surface area (Å²) in [6.45, 7) is 3.60. The van der Waals surface area contributed by atoms with Crippen molar-refractivity contribution in [3.63, 3.8) is 0 Å². The number of esters is 1. The van der Waals surface area contributed by atoms with E-state index < -0.39 is 5.97 Å².